The van der Waals surface area contributed by atoms with Gasteiger partial charge in [-0.2, -0.15) is 5.10 Å². The van der Waals surface area contributed by atoms with E-state index in [0.29, 0.717) is 12.4 Å². The van der Waals surface area contributed by atoms with Crippen molar-refractivity contribution in [1.29, 1.82) is 0 Å². The van der Waals surface area contributed by atoms with Crippen molar-refractivity contribution in [1.82, 2.24) is 9.78 Å². The summed E-state index contributed by atoms with van der Waals surface area (Å²) >= 11 is 0. The largest absolute Gasteiger partial charge is 0.495 e. The van der Waals surface area contributed by atoms with E-state index in [1.165, 1.54) is 0 Å². The monoisotopic (exact) mass is 208 g/mol. The molecule has 0 radical (unpaired) electrons. The molecule has 4 nitrogen and oxygen atoms in total. The first-order valence-corrected chi connectivity index (χ1v) is 5.19. The zero-order valence-electron chi connectivity index (χ0n) is 9.10. The van der Waals surface area contributed by atoms with Crippen molar-refractivity contribution in [2.24, 2.45) is 7.05 Å². The zero-order chi connectivity index (χ0) is 10.8. The highest BCUT2D eigenvalue weighted by Gasteiger charge is 2.20. The Morgan fingerprint density at radius 2 is 2.40 bits per heavy atom. The molecule has 0 saturated carbocycles. The number of aliphatic hydroxyl groups excluding tert-OH is 1. The number of rotatable bonds is 2. The molecule has 0 aromatic carbocycles. The lowest BCUT2D eigenvalue weighted by atomic mass is 10.1. The van der Waals surface area contributed by atoms with Gasteiger partial charge in [-0.05, 0) is 25.8 Å². The predicted octanol–water partition coefficient (Wildman–Crippen LogP) is 1.46. The second kappa shape index (κ2) is 4.06. The molecule has 0 fully saturated rings. The van der Waals surface area contributed by atoms with Gasteiger partial charge in [-0.3, -0.25) is 4.68 Å². The Hall–Kier alpha value is -1.29. The molecule has 1 aromatic rings. The topological polar surface area (TPSA) is 47.3 Å². The molecule has 0 amide bonds. The summed E-state index contributed by atoms with van der Waals surface area (Å²) in [4.78, 5) is 0. The molecule has 15 heavy (non-hydrogen) atoms. The first-order valence-electron chi connectivity index (χ1n) is 5.19. The fourth-order valence-corrected chi connectivity index (χ4v) is 1.70. The third-order valence-electron chi connectivity index (χ3n) is 2.80. The number of hydrogen-bond donors (Lipinski definition) is 1. The lowest BCUT2D eigenvalue weighted by Crippen LogP contribution is -2.10. The fraction of sp³-hybridized carbons (Fsp3) is 0.545. The Bertz CT molecular complexity index is 382. The van der Waals surface area contributed by atoms with E-state index in [1.54, 1.807) is 10.9 Å². The maximum absolute atomic E-state index is 10.1. The Labute approximate surface area is 89.2 Å². The standard InChI is InChI=1S/C11H16N2O2/c1-8-9(7-12-13(8)2)11(14)10-5-3-4-6-15-10/h5,7,11,14H,3-4,6H2,1-2H3. The Balaban J connectivity index is 2.23. The number of aromatic nitrogens is 2. The molecule has 1 aliphatic rings. The van der Waals surface area contributed by atoms with Gasteiger partial charge in [0.25, 0.3) is 0 Å². The molecule has 0 saturated heterocycles. The van der Waals surface area contributed by atoms with E-state index in [1.807, 2.05) is 20.0 Å². The van der Waals surface area contributed by atoms with Crippen molar-refractivity contribution in [3.05, 3.63) is 29.3 Å². The van der Waals surface area contributed by atoms with Gasteiger partial charge in [0.1, 0.15) is 11.9 Å². The molecule has 1 atom stereocenters. The molecule has 0 aliphatic carbocycles. The highest BCUT2D eigenvalue weighted by Crippen LogP contribution is 2.27. The van der Waals surface area contributed by atoms with E-state index in [4.69, 9.17) is 4.74 Å². The van der Waals surface area contributed by atoms with Gasteiger partial charge in [0, 0.05) is 18.3 Å². The lowest BCUT2D eigenvalue weighted by Gasteiger charge is -2.19. The minimum atomic E-state index is -0.668. The molecule has 2 heterocycles. The highest BCUT2D eigenvalue weighted by molar-refractivity contribution is 5.25. The van der Waals surface area contributed by atoms with Crippen LogP contribution in [0.1, 0.15) is 30.2 Å². The van der Waals surface area contributed by atoms with Gasteiger partial charge in [0.2, 0.25) is 0 Å². The average Bonchev–Trinajstić information content (AvgIpc) is 2.60. The molecule has 1 aliphatic heterocycles. The predicted molar refractivity (Wildman–Crippen MR) is 56.2 cm³/mol. The normalized spacial score (nSPS) is 18.2. The summed E-state index contributed by atoms with van der Waals surface area (Å²) in [6, 6.07) is 0. The van der Waals surface area contributed by atoms with Crippen LogP contribution in [0.25, 0.3) is 0 Å². The smallest absolute Gasteiger partial charge is 0.139 e. The summed E-state index contributed by atoms with van der Waals surface area (Å²) < 4.78 is 7.18. The summed E-state index contributed by atoms with van der Waals surface area (Å²) in [5.41, 5.74) is 1.79. The van der Waals surface area contributed by atoms with E-state index in [2.05, 4.69) is 5.10 Å². The number of aliphatic hydroxyl groups is 1. The molecular weight excluding hydrogens is 192 g/mol. The quantitative estimate of drug-likeness (QED) is 0.800. The van der Waals surface area contributed by atoms with Gasteiger partial charge in [0.05, 0.1) is 12.8 Å². The number of hydrogen-bond acceptors (Lipinski definition) is 3. The van der Waals surface area contributed by atoms with Crippen LogP contribution in [0.4, 0.5) is 0 Å². The number of ether oxygens (including phenoxy) is 1. The van der Waals surface area contributed by atoms with Crippen LogP contribution >= 0.6 is 0 Å². The fourth-order valence-electron chi connectivity index (χ4n) is 1.70. The summed E-state index contributed by atoms with van der Waals surface area (Å²) in [6.07, 6.45) is 4.99. The highest BCUT2D eigenvalue weighted by atomic mass is 16.5. The molecule has 2 rings (SSSR count). The zero-order valence-corrected chi connectivity index (χ0v) is 9.10. The molecular formula is C11H16N2O2. The first kappa shape index (κ1) is 10.2. The molecule has 1 unspecified atom stereocenters. The molecule has 4 heteroatoms. The molecule has 0 bridgehead atoms. The van der Waals surface area contributed by atoms with Gasteiger partial charge in [-0.15, -0.1) is 0 Å². The number of aryl methyl sites for hydroxylation is 1. The second-order valence-electron chi connectivity index (χ2n) is 3.81. The third kappa shape index (κ3) is 1.90. The van der Waals surface area contributed by atoms with Gasteiger partial charge in [-0.25, -0.2) is 0 Å². The second-order valence-corrected chi connectivity index (χ2v) is 3.81. The number of allylic oxidation sites excluding steroid dienone is 1. The van der Waals surface area contributed by atoms with E-state index < -0.39 is 6.10 Å². The average molecular weight is 208 g/mol. The molecule has 82 valence electrons. The lowest BCUT2D eigenvalue weighted by molar-refractivity contribution is 0.0914. The van der Waals surface area contributed by atoms with Gasteiger partial charge < -0.3 is 9.84 Å². The van der Waals surface area contributed by atoms with Crippen LogP contribution in [-0.4, -0.2) is 21.5 Å². The van der Waals surface area contributed by atoms with Crippen molar-refractivity contribution in [2.75, 3.05) is 6.61 Å². The van der Waals surface area contributed by atoms with E-state index in [0.717, 1.165) is 24.1 Å². The number of nitrogens with zero attached hydrogens (tertiary/aromatic N) is 2. The maximum atomic E-state index is 10.1. The van der Waals surface area contributed by atoms with Crippen LogP contribution < -0.4 is 0 Å². The third-order valence-corrected chi connectivity index (χ3v) is 2.80. The summed E-state index contributed by atoms with van der Waals surface area (Å²) in [5, 5.41) is 14.2. The minimum absolute atomic E-state index is 0.664. The Kier molecular flexibility index (Phi) is 2.77. The van der Waals surface area contributed by atoms with Crippen molar-refractivity contribution in [2.45, 2.75) is 25.9 Å². The first-order chi connectivity index (χ1) is 7.20. The van der Waals surface area contributed by atoms with Crippen LogP contribution in [0.15, 0.2) is 18.0 Å². The van der Waals surface area contributed by atoms with Gasteiger partial charge >= 0.3 is 0 Å². The van der Waals surface area contributed by atoms with E-state index in [9.17, 15) is 5.11 Å². The molecule has 1 N–H and O–H groups in total. The van der Waals surface area contributed by atoms with Crippen LogP contribution in [0, 0.1) is 6.92 Å². The minimum Gasteiger partial charge on any atom is -0.495 e. The van der Waals surface area contributed by atoms with Crippen molar-refractivity contribution in [3.63, 3.8) is 0 Å². The molecule has 1 aromatic heterocycles. The summed E-state index contributed by atoms with van der Waals surface area (Å²) in [5.74, 6) is 0.664. The van der Waals surface area contributed by atoms with E-state index in [-0.39, 0.29) is 0 Å². The Morgan fingerprint density at radius 1 is 1.60 bits per heavy atom. The molecule has 0 spiro atoms. The SMILES string of the molecule is Cc1c(C(O)C2=CCCCO2)cnn1C. The van der Waals surface area contributed by atoms with Crippen LogP contribution in [0.5, 0.6) is 0 Å². The van der Waals surface area contributed by atoms with Crippen LogP contribution in [-0.2, 0) is 11.8 Å². The van der Waals surface area contributed by atoms with Crippen molar-refractivity contribution < 1.29 is 9.84 Å². The van der Waals surface area contributed by atoms with Crippen LogP contribution in [0.2, 0.25) is 0 Å². The maximum Gasteiger partial charge on any atom is 0.139 e. The Morgan fingerprint density at radius 3 is 2.93 bits per heavy atom. The summed E-state index contributed by atoms with van der Waals surface area (Å²) in [7, 11) is 1.86. The van der Waals surface area contributed by atoms with Crippen molar-refractivity contribution >= 4 is 0 Å². The van der Waals surface area contributed by atoms with Gasteiger partial charge in [-0.1, -0.05) is 0 Å². The summed E-state index contributed by atoms with van der Waals surface area (Å²) in [6.45, 7) is 2.64. The van der Waals surface area contributed by atoms with Crippen LogP contribution in [0.3, 0.4) is 0 Å². The van der Waals surface area contributed by atoms with Gasteiger partial charge in [0.15, 0.2) is 0 Å². The van der Waals surface area contributed by atoms with E-state index >= 15 is 0 Å². The van der Waals surface area contributed by atoms with Crippen molar-refractivity contribution in [3.8, 4) is 0 Å².